The Kier molecular flexibility index (Phi) is 6.75. The zero-order valence-corrected chi connectivity index (χ0v) is 31.1. The lowest BCUT2D eigenvalue weighted by molar-refractivity contribution is 0.794. The number of hydrogen-bond acceptors (Lipinski definition) is 3. The minimum Gasteiger partial charge on any atom is -0.228 e. The Morgan fingerprint density at radius 3 is 1.59 bits per heavy atom. The van der Waals surface area contributed by atoms with Crippen LogP contribution in [0.3, 0.4) is 0 Å². The van der Waals surface area contributed by atoms with E-state index in [1.807, 2.05) is 17.4 Å². The van der Waals surface area contributed by atoms with Crippen LogP contribution in [0.1, 0.15) is 22.3 Å². The molecule has 0 fully saturated rings. The highest BCUT2D eigenvalue weighted by Gasteiger charge is 2.51. The van der Waals surface area contributed by atoms with Crippen molar-refractivity contribution in [3.8, 4) is 67.3 Å². The van der Waals surface area contributed by atoms with Gasteiger partial charge in [0.25, 0.3) is 0 Å². The predicted molar refractivity (Wildman–Crippen MR) is 233 cm³/mol. The molecule has 0 aliphatic heterocycles. The smallest absolute Gasteiger partial charge is 0.160 e. The van der Waals surface area contributed by atoms with E-state index >= 15 is 0 Å². The van der Waals surface area contributed by atoms with Gasteiger partial charge >= 0.3 is 0 Å². The van der Waals surface area contributed by atoms with Crippen molar-refractivity contribution < 1.29 is 0 Å². The van der Waals surface area contributed by atoms with Gasteiger partial charge in [-0.15, -0.1) is 11.3 Å². The van der Waals surface area contributed by atoms with Gasteiger partial charge in [-0.25, -0.2) is 9.97 Å². The van der Waals surface area contributed by atoms with E-state index in [-0.39, 0.29) is 5.41 Å². The average Bonchev–Trinajstić information content (AvgIpc) is 3.90. The first kappa shape index (κ1) is 31.4. The summed E-state index contributed by atoms with van der Waals surface area (Å²) in [5.41, 5.74) is 17.7. The van der Waals surface area contributed by atoms with E-state index in [1.165, 1.54) is 75.8 Å². The Hall–Kier alpha value is -6.94. The maximum Gasteiger partial charge on any atom is 0.160 e. The maximum absolute atomic E-state index is 5.23. The third-order valence-corrected chi connectivity index (χ3v) is 13.1. The quantitative estimate of drug-likeness (QED) is 0.180. The number of fused-ring (bicyclic) bond motifs is 13. The summed E-state index contributed by atoms with van der Waals surface area (Å²) in [6, 6.07) is 70.7. The van der Waals surface area contributed by atoms with E-state index in [4.69, 9.17) is 9.97 Å². The summed E-state index contributed by atoms with van der Waals surface area (Å²) in [6.45, 7) is 0. The molecule has 2 aliphatic carbocycles. The Balaban J connectivity index is 0.998. The number of benzene rings is 8. The van der Waals surface area contributed by atoms with Gasteiger partial charge in [0.2, 0.25) is 0 Å². The summed E-state index contributed by atoms with van der Waals surface area (Å²) in [5.74, 6) is 0.727. The van der Waals surface area contributed by atoms with Gasteiger partial charge in [-0.3, -0.25) is 0 Å². The molecule has 1 spiro atoms. The molecular formula is C53H32N2S. The molecule has 2 nitrogen and oxygen atoms in total. The molecule has 2 aliphatic rings. The van der Waals surface area contributed by atoms with Crippen LogP contribution in [-0.4, -0.2) is 9.97 Å². The van der Waals surface area contributed by atoms with Crippen molar-refractivity contribution in [1.82, 2.24) is 9.97 Å². The molecule has 0 unspecified atom stereocenters. The third-order valence-electron chi connectivity index (χ3n) is 11.9. The monoisotopic (exact) mass is 728 g/mol. The van der Waals surface area contributed by atoms with E-state index in [2.05, 4.69) is 188 Å². The van der Waals surface area contributed by atoms with Crippen LogP contribution in [0.25, 0.3) is 87.5 Å². The molecule has 56 heavy (non-hydrogen) atoms. The molecule has 3 heteroatoms. The fourth-order valence-corrected chi connectivity index (χ4v) is 10.7. The molecule has 0 saturated heterocycles. The van der Waals surface area contributed by atoms with Crippen molar-refractivity contribution >= 4 is 31.5 Å². The minimum atomic E-state index is -0.362. The van der Waals surface area contributed by atoms with Gasteiger partial charge in [0.1, 0.15) is 0 Å². The summed E-state index contributed by atoms with van der Waals surface area (Å²) < 4.78 is 2.53. The second-order valence-electron chi connectivity index (χ2n) is 14.8. The second kappa shape index (κ2) is 12.0. The van der Waals surface area contributed by atoms with Crippen molar-refractivity contribution in [2.24, 2.45) is 0 Å². The first-order chi connectivity index (χ1) is 27.8. The summed E-state index contributed by atoms with van der Waals surface area (Å²) in [4.78, 5) is 10.4. The zero-order valence-electron chi connectivity index (χ0n) is 30.3. The molecule has 8 aromatic carbocycles. The van der Waals surface area contributed by atoms with E-state index in [0.29, 0.717) is 0 Å². The number of nitrogens with zero attached hydrogens (tertiary/aromatic N) is 2. The molecule has 0 bridgehead atoms. The first-order valence-electron chi connectivity index (χ1n) is 19.2. The second-order valence-corrected chi connectivity index (χ2v) is 15.9. The van der Waals surface area contributed by atoms with Crippen LogP contribution in [0.15, 0.2) is 194 Å². The van der Waals surface area contributed by atoms with Crippen LogP contribution in [0.5, 0.6) is 0 Å². The van der Waals surface area contributed by atoms with Gasteiger partial charge in [0.05, 0.1) is 16.8 Å². The van der Waals surface area contributed by atoms with Crippen molar-refractivity contribution in [2.45, 2.75) is 5.41 Å². The minimum absolute atomic E-state index is 0.362. The summed E-state index contributed by atoms with van der Waals surface area (Å²) in [7, 11) is 0. The van der Waals surface area contributed by atoms with Crippen molar-refractivity contribution in [3.05, 3.63) is 216 Å². The third kappa shape index (κ3) is 4.43. The molecule has 0 atom stereocenters. The van der Waals surface area contributed by atoms with E-state index in [1.54, 1.807) is 0 Å². The molecule has 0 saturated carbocycles. The van der Waals surface area contributed by atoms with Crippen molar-refractivity contribution in [2.75, 3.05) is 0 Å². The number of thiophene rings is 1. The van der Waals surface area contributed by atoms with E-state index in [0.717, 1.165) is 33.9 Å². The first-order valence-corrected chi connectivity index (χ1v) is 20.0. The molecule has 0 radical (unpaired) electrons. The molecular weight excluding hydrogens is 697 g/mol. The maximum atomic E-state index is 5.23. The lowest BCUT2D eigenvalue weighted by atomic mass is 9.70. The zero-order chi connectivity index (χ0) is 36.8. The van der Waals surface area contributed by atoms with E-state index in [9.17, 15) is 0 Å². The molecule has 10 aromatic rings. The summed E-state index contributed by atoms with van der Waals surface area (Å²) in [6.07, 6.45) is 0. The molecule has 0 N–H and O–H groups in total. The van der Waals surface area contributed by atoms with E-state index < -0.39 is 0 Å². The van der Waals surface area contributed by atoms with Crippen LogP contribution in [0.2, 0.25) is 0 Å². The molecule has 2 heterocycles. The van der Waals surface area contributed by atoms with Crippen molar-refractivity contribution in [1.29, 1.82) is 0 Å². The topological polar surface area (TPSA) is 25.8 Å². The Bertz CT molecular complexity index is 3150. The normalized spacial score (nSPS) is 13.1. The van der Waals surface area contributed by atoms with Crippen LogP contribution < -0.4 is 0 Å². The highest BCUT2D eigenvalue weighted by molar-refractivity contribution is 7.25. The summed E-state index contributed by atoms with van der Waals surface area (Å²) >= 11 is 1.82. The molecule has 260 valence electrons. The highest BCUT2D eigenvalue weighted by Crippen LogP contribution is 2.63. The Labute approximate surface area is 329 Å². The largest absolute Gasteiger partial charge is 0.228 e. The predicted octanol–water partition coefficient (Wildman–Crippen LogP) is 13.9. The number of aromatic nitrogens is 2. The fraction of sp³-hybridized carbons (Fsp3) is 0.0189. The average molecular weight is 729 g/mol. The lowest BCUT2D eigenvalue weighted by Gasteiger charge is -2.30. The number of hydrogen-bond donors (Lipinski definition) is 0. The summed E-state index contributed by atoms with van der Waals surface area (Å²) in [5, 5.41) is 2.56. The molecule has 12 rings (SSSR count). The van der Waals surface area contributed by atoms with Crippen LogP contribution in [0, 0.1) is 0 Å². The number of rotatable bonds is 4. The van der Waals surface area contributed by atoms with Crippen LogP contribution in [0.4, 0.5) is 0 Å². The van der Waals surface area contributed by atoms with Gasteiger partial charge in [-0.1, -0.05) is 176 Å². The van der Waals surface area contributed by atoms with Crippen LogP contribution in [-0.2, 0) is 5.41 Å². The van der Waals surface area contributed by atoms with Gasteiger partial charge in [0, 0.05) is 36.9 Å². The van der Waals surface area contributed by atoms with Gasteiger partial charge in [-0.05, 0) is 73.8 Å². The highest BCUT2D eigenvalue weighted by atomic mass is 32.1. The van der Waals surface area contributed by atoms with Gasteiger partial charge < -0.3 is 0 Å². The van der Waals surface area contributed by atoms with Crippen molar-refractivity contribution in [3.63, 3.8) is 0 Å². The lowest BCUT2D eigenvalue weighted by Crippen LogP contribution is -2.25. The SMILES string of the molecule is c1ccc(-c2cc(-c3ccc(-c4cccc5c4-c4ccccc4C54c5ccccc5-c5ccccc54)cc3)nc(-c3ccc4c(c3)sc3ccccc34)n2)cc1. The Morgan fingerprint density at radius 2 is 0.857 bits per heavy atom. The standard InChI is InChI=1S/C53H32N2S/c1-2-13-34(14-3-1)47-32-48(55-52(54-47)36-29-30-41-40-17-7-11-24-49(40)56-50(41)31-36)35-27-25-33(26-28-35)37-19-12-23-46-51(37)42-18-6-10-22-45(42)53(46)43-20-8-4-15-38(43)39-16-5-9-21-44(39)53/h1-32H. The fourth-order valence-electron chi connectivity index (χ4n) is 9.55. The molecule has 2 aromatic heterocycles. The van der Waals surface area contributed by atoms with Gasteiger partial charge in [-0.2, -0.15) is 0 Å². The Morgan fingerprint density at radius 1 is 0.339 bits per heavy atom. The van der Waals surface area contributed by atoms with Gasteiger partial charge in [0.15, 0.2) is 5.82 Å². The van der Waals surface area contributed by atoms with Crippen LogP contribution >= 0.6 is 11.3 Å². The molecule has 0 amide bonds.